The molecule has 0 aromatic carbocycles. The van der Waals surface area contributed by atoms with Gasteiger partial charge in [-0.15, -0.1) is 0 Å². The number of ether oxygens (including phenoxy) is 1. The van der Waals surface area contributed by atoms with Crippen LogP contribution in [-0.2, 0) is 11.2 Å². The summed E-state index contributed by atoms with van der Waals surface area (Å²) in [6.45, 7) is 2.28. The van der Waals surface area contributed by atoms with Gasteiger partial charge in [-0.3, -0.25) is 9.78 Å². The first kappa shape index (κ1) is 18.6. The Balaban J connectivity index is 1.23. The van der Waals surface area contributed by atoms with E-state index >= 15 is 0 Å². The Kier molecular flexibility index (Phi) is 4.41. The van der Waals surface area contributed by atoms with Crippen LogP contribution in [0.15, 0.2) is 12.1 Å². The van der Waals surface area contributed by atoms with Gasteiger partial charge in [-0.25, -0.2) is 0 Å². The zero-order valence-electron chi connectivity index (χ0n) is 15.8. The molecule has 0 radical (unpaired) electrons. The Hall–Kier alpha value is -1.76. The first-order valence-electron chi connectivity index (χ1n) is 9.57. The lowest BCUT2D eigenvalue weighted by atomic mass is 9.56. The highest BCUT2D eigenvalue weighted by molar-refractivity contribution is 5.81. The fourth-order valence-corrected chi connectivity index (χ4v) is 5.15. The number of alkyl halides is 2. The monoisotopic (exact) mass is 380 g/mol. The first-order valence-corrected chi connectivity index (χ1v) is 9.57. The molecule has 2 saturated carbocycles. The van der Waals surface area contributed by atoms with Crippen LogP contribution in [0.4, 0.5) is 8.78 Å². The van der Waals surface area contributed by atoms with Gasteiger partial charge in [0.15, 0.2) is 0 Å². The summed E-state index contributed by atoms with van der Waals surface area (Å²) in [7, 11) is 0. The maximum absolute atomic E-state index is 12.4. The molecule has 0 bridgehead atoms. The van der Waals surface area contributed by atoms with Crippen LogP contribution in [0.1, 0.15) is 44.0 Å². The molecular weight excluding hydrogens is 354 g/mol. The second-order valence-corrected chi connectivity index (χ2v) is 9.04. The molecule has 1 aliphatic heterocycles. The van der Waals surface area contributed by atoms with Gasteiger partial charge in [0.2, 0.25) is 5.91 Å². The normalized spacial score (nSPS) is 29.3. The van der Waals surface area contributed by atoms with Gasteiger partial charge in [-0.1, -0.05) is 0 Å². The van der Waals surface area contributed by atoms with E-state index in [1.54, 1.807) is 26.0 Å². The average molecular weight is 380 g/mol. The smallest absolute Gasteiger partial charge is 0.387 e. The first-order chi connectivity index (χ1) is 12.6. The van der Waals surface area contributed by atoms with Crippen LogP contribution < -0.4 is 4.74 Å². The van der Waals surface area contributed by atoms with Crippen molar-refractivity contribution in [2.45, 2.75) is 58.2 Å². The quantitative estimate of drug-likeness (QED) is 0.853. The van der Waals surface area contributed by atoms with Gasteiger partial charge < -0.3 is 14.7 Å². The van der Waals surface area contributed by atoms with Crippen LogP contribution in [0.2, 0.25) is 0 Å². The van der Waals surface area contributed by atoms with Gasteiger partial charge >= 0.3 is 6.61 Å². The fraction of sp³-hybridized carbons (Fsp3) is 0.700. The molecule has 1 aromatic rings. The molecule has 1 N–H and O–H groups in total. The van der Waals surface area contributed by atoms with E-state index in [2.05, 4.69) is 9.72 Å². The van der Waals surface area contributed by atoms with E-state index in [1.807, 2.05) is 4.90 Å². The Morgan fingerprint density at radius 1 is 1.33 bits per heavy atom. The third-order valence-corrected chi connectivity index (χ3v) is 6.34. The van der Waals surface area contributed by atoms with E-state index in [-0.39, 0.29) is 23.0 Å². The van der Waals surface area contributed by atoms with E-state index < -0.39 is 12.2 Å². The second kappa shape index (κ2) is 6.40. The van der Waals surface area contributed by atoms with Crippen molar-refractivity contribution in [1.82, 2.24) is 9.88 Å². The van der Waals surface area contributed by atoms with Crippen molar-refractivity contribution in [2.24, 2.45) is 17.3 Å². The van der Waals surface area contributed by atoms with Crippen molar-refractivity contribution in [2.75, 3.05) is 13.1 Å². The lowest BCUT2D eigenvalue weighted by Crippen LogP contribution is -2.66. The van der Waals surface area contributed by atoms with E-state index in [9.17, 15) is 18.7 Å². The highest BCUT2D eigenvalue weighted by Gasteiger charge is 2.55. The van der Waals surface area contributed by atoms with E-state index in [0.29, 0.717) is 24.5 Å². The molecular formula is C20H26F2N2O3. The largest absolute Gasteiger partial charge is 0.433 e. The molecule has 1 spiro atoms. The molecule has 3 fully saturated rings. The minimum absolute atomic E-state index is 0.00521. The molecule has 27 heavy (non-hydrogen) atoms. The number of rotatable bonds is 5. The van der Waals surface area contributed by atoms with Crippen LogP contribution >= 0.6 is 0 Å². The summed E-state index contributed by atoms with van der Waals surface area (Å²) in [5.41, 5.74) is 0.989. The molecule has 2 heterocycles. The van der Waals surface area contributed by atoms with Gasteiger partial charge in [-0.05, 0) is 64.0 Å². The Morgan fingerprint density at radius 2 is 2.00 bits per heavy atom. The van der Waals surface area contributed by atoms with Gasteiger partial charge in [0.1, 0.15) is 5.75 Å². The highest BCUT2D eigenvalue weighted by Crippen LogP contribution is 2.53. The van der Waals surface area contributed by atoms with Crippen LogP contribution in [0.5, 0.6) is 5.75 Å². The summed E-state index contributed by atoms with van der Waals surface area (Å²) in [6.07, 6.45) is 4.14. The number of hydrogen-bond donors (Lipinski definition) is 1. The number of nitrogens with zero attached hydrogens (tertiary/aromatic N) is 2. The number of halogens is 2. The predicted octanol–water partition coefficient (Wildman–Crippen LogP) is 2.93. The molecule has 3 aliphatic rings. The summed E-state index contributed by atoms with van der Waals surface area (Å²) in [5, 5.41) is 9.80. The number of pyridine rings is 1. The number of aliphatic hydroxyl groups is 1. The topological polar surface area (TPSA) is 62.7 Å². The third kappa shape index (κ3) is 3.66. The SMILES string of the molecule is Cc1nc(CC2CC3(C2)CN(C(=O)C2CC(C)(O)C2)C3)ccc1OC(F)F. The maximum atomic E-state index is 12.4. The number of hydrogen-bond acceptors (Lipinski definition) is 4. The molecule has 1 aromatic heterocycles. The van der Waals surface area contributed by atoms with Crippen molar-refractivity contribution >= 4 is 5.91 Å². The van der Waals surface area contributed by atoms with Crippen LogP contribution in [-0.4, -0.2) is 46.2 Å². The maximum Gasteiger partial charge on any atom is 0.387 e. The van der Waals surface area contributed by atoms with E-state index in [0.717, 1.165) is 38.0 Å². The summed E-state index contributed by atoms with van der Waals surface area (Å²) < 4.78 is 29.1. The predicted molar refractivity (Wildman–Crippen MR) is 94.4 cm³/mol. The average Bonchev–Trinajstić information content (AvgIpc) is 2.47. The van der Waals surface area contributed by atoms with Crippen LogP contribution in [0, 0.1) is 24.2 Å². The number of amides is 1. The van der Waals surface area contributed by atoms with Crippen LogP contribution in [0.25, 0.3) is 0 Å². The zero-order valence-corrected chi connectivity index (χ0v) is 15.8. The van der Waals surface area contributed by atoms with Crippen molar-refractivity contribution < 1.29 is 23.4 Å². The van der Waals surface area contributed by atoms with Gasteiger partial charge in [0, 0.05) is 30.1 Å². The minimum atomic E-state index is -2.84. The minimum Gasteiger partial charge on any atom is -0.433 e. The molecule has 0 atom stereocenters. The standard InChI is InChI=1S/C20H26F2N2O3/c1-12-16(27-18(21)22)4-3-15(23-12)5-13-6-20(7-13)10-24(11-20)17(25)14-8-19(2,26)9-14/h3-4,13-14,18,26H,5-11H2,1-2H3. The van der Waals surface area contributed by atoms with E-state index in [1.165, 1.54) is 0 Å². The highest BCUT2D eigenvalue weighted by atomic mass is 19.3. The van der Waals surface area contributed by atoms with Crippen molar-refractivity contribution in [1.29, 1.82) is 0 Å². The van der Waals surface area contributed by atoms with Gasteiger partial charge in [0.25, 0.3) is 0 Å². The molecule has 1 saturated heterocycles. The second-order valence-electron chi connectivity index (χ2n) is 9.04. The molecule has 148 valence electrons. The number of carbonyl (C=O) groups excluding carboxylic acids is 1. The molecule has 0 unspecified atom stereocenters. The number of carbonyl (C=O) groups is 1. The molecule has 1 amide bonds. The third-order valence-electron chi connectivity index (χ3n) is 6.34. The van der Waals surface area contributed by atoms with Crippen LogP contribution in [0.3, 0.4) is 0 Å². The summed E-state index contributed by atoms with van der Waals surface area (Å²) in [6, 6.07) is 3.32. The number of aryl methyl sites for hydroxylation is 1. The lowest BCUT2D eigenvalue weighted by Gasteiger charge is -2.60. The number of likely N-dealkylation sites (tertiary alicyclic amines) is 1. The van der Waals surface area contributed by atoms with Crippen molar-refractivity contribution in [3.63, 3.8) is 0 Å². The van der Waals surface area contributed by atoms with Crippen molar-refractivity contribution in [3.05, 3.63) is 23.5 Å². The Labute approximate surface area is 157 Å². The molecule has 5 nitrogen and oxygen atoms in total. The Morgan fingerprint density at radius 3 is 2.56 bits per heavy atom. The fourth-order valence-electron chi connectivity index (χ4n) is 5.15. The van der Waals surface area contributed by atoms with E-state index in [4.69, 9.17) is 0 Å². The zero-order chi connectivity index (χ0) is 19.4. The lowest BCUT2D eigenvalue weighted by molar-refractivity contribution is -0.171. The number of aromatic nitrogens is 1. The summed E-state index contributed by atoms with van der Waals surface area (Å²) in [4.78, 5) is 18.7. The summed E-state index contributed by atoms with van der Waals surface area (Å²) >= 11 is 0. The summed E-state index contributed by atoms with van der Waals surface area (Å²) in [5.74, 6) is 0.847. The Bertz CT molecular complexity index is 731. The van der Waals surface area contributed by atoms with Gasteiger partial charge in [-0.2, -0.15) is 8.78 Å². The van der Waals surface area contributed by atoms with Crippen molar-refractivity contribution in [3.8, 4) is 5.75 Å². The molecule has 7 heteroatoms. The molecule has 4 rings (SSSR count). The van der Waals surface area contributed by atoms with Gasteiger partial charge in [0.05, 0.1) is 11.3 Å². The molecule has 2 aliphatic carbocycles.